The van der Waals surface area contributed by atoms with Crippen molar-refractivity contribution in [1.82, 2.24) is 0 Å². The number of allylic oxidation sites excluding steroid dienone is 1. The summed E-state index contributed by atoms with van der Waals surface area (Å²) in [7, 11) is -3.99. The summed E-state index contributed by atoms with van der Waals surface area (Å²) in [6, 6.07) is 20.6. The maximum absolute atomic E-state index is 11.3. The van der Waals surface area contributed by atoms with Gasteiger partial charge in [-0.2, -0.15) is 13.0 Å². The van der Waals surface area contributed by atoms with Crippen LogP contribution in [0.2, 0.25) is 0 Å². The summed E-state index contributed by atoms with van der Waals surface area (Å²) in [5.41, 5.74) is 5.29. The third-order valence-electron chi connectivity index (χ3n) is 6.69. The third-order valence-corrected chi connectivity index (χ3v) is 7.50. The second-order valence-corrected chi connectivity index (χ2v) is 10.9. The summed E-state index contributed by atoms with van der Waals surface area (Å²) in [6.07, 6.45) is 6.75. The van der Waals surface area contributed by atoms with E-state index >= 15 is 0 Å². The Morgan fingerprint density at radius 3 is 2.62 bits per heavy atom. The lowest BCUT2D eigenvalue weighted by Crippen LogP contribution is -2.28. The number of fused-ring (bicyclic) bond motifs is 4. The third kappa shape index (κ3) is 4.19. The molecule has 0 bridgehead atoms. The average Bonchev–Trinajstić information content (AvgIpc) is 3.03. The van der Waals surface area contributed by atoms with Crippen molar-refractivity contribution < 1.29 is 22.3 Å². The Morgan fingerprint density at radius 1 is 1.03 bits per heavy atom. The maximum Gasteiger partial charge on any atom is 0.265 e. The van der Waals surface area contributed by atoms with E-state index in [1.165, 1.54) is 16.3 Å². The number of hydrogen-bond donors (Lipinski definition) is 1. The van der Waals surface area contributed by atoms with Gasteiger partial charge in [-0.25, -0.2) is 0 Å². The predicted octanol–water partition coefficient (Wildman–Crippen LogP) is 5.53. The van der Waals surface area contributed by atoms with Crippen molar-refractivity contribution in [2.75, 3.05) is 18.9 Å². The van der Waals surface area contributed by atoms with Crippen LogP contribution in [0.15, 0.2) is 78.4 Å². The first kappa shape index (κ1) is 22.6. The zero-order chi connectivity index (χ0) is 23.9. The highest BCUT2D eigenvalue weighted by Gasteiger charge is 2.43. The molecule has 0 fully saturated rings. The van der Waals surface area contributed by atoms with Gasteiger partial charge in [0.1, 0.15) is 18.9 Å². The fraction of sp³-hybridized carbons (Fsp3) is 0.250. The van der Waals surface area contributed by atoms with Gasteiger partial charge in [0.05, 0.1) is 11.2 Å². The van der Waals surface area contributed by atoms with E-state index in [4.69, 9.17) is 4.74 Å². The molecular weight excluding hydrogens is 446 g/mol. The molecule has 2 aliphatic rings. The zero-order valence-corrected chi connectivity index (χ0v) is 20.2. The van der Waals surface area contributed by atoms with E-state index in [2.05, 4.69) is 67.0 Å². The number of ether oxygens (including phenoxy) is 1. The minimum absolute atomic E-state index is 0.244. The quantitative estimate of drug-likeness (QED) is 0.377. The molecule has 0 radical (unpaired) electrons. The van der Waals surface area contributed by atoms with Crippen LogP contribution in [0.4, 0.5) is 5.69 Å². The van der Waals surface area contributed by atoms with Crippen LogP contribution in [-0.4, -0.2) is 42.2 Å². The SMILES string of the molecule is CC1(C)C(/C=C/C2=Cc3c(ccc4ccccc34)OC2)=[N+](CCCS(=O)(=O)O)c2ccccc21. The Bertz CT molecular complexity index is 1480. The van der Waals surface area contributed by atoms with Crippen molar-refractivity contribution in [3.8, 4) is 5.75 Å². The molecule has 0 amide bonds. The van der Waals surface area contributed by atoms with Gasteiger partial charge >= 0.3 is 0 Å². The van der Waals surface area contributed by atoms with E-state index in [0.29, 0.717) is 19.6 Å². The van der Waals surface area contributed by atoms with Crippen molar-refractivity contribution in [3.63, 3.8) is 0 Å². The molecule has 0 aromatic heterocycles. The van der Waals surface area contributed by atoms with Crippen molar-refractivity contribution >= 4 is 38.4 Å². The smallest absolute Gasteiger partial charge is 0.265 e. The van der Waals surface area contributed by atoms with Gasteiger partial charge in [-0.15, -0.1) is 0 Å². The molecule has 6 heteroatoms. The lowest BCUT2D eigenvalue weighted by atomic mass is 9.81. The van der Waals surface area contributed by atoms with Gasteiger partial charge in [-0.3, -0.25) is 4.55 Å². The zero-order valence-electron chi connectivity index (χ0n) is 19.4. The molecule has 3 aromatic rings. The highest BCUT2D eigenvalue weighted by molar-refractivity contribution is 7.85. The Kier molecular flexibility index (Phi) is 5.66. The first-order valence-electron chi connectivity index (χ1n) is 11.5. The fourth-order valence-electron chi connectivity index (χ4n) is 5.01. The van der Waals surface area contributed by atoms with E-state index in [0.717, 1.165) is 28.3 Å². The lowest BCUT2D eigenvalue weighted by molar-refractivity contribution is -0.437. The summed E-state index contributed by atoms with van der Waals surface area (Å²) in [5.74, 6) is 0.635. The van der Waals surface area contributed by atoms with Gasteiger partial charge in [-0.1, -0.05) is 48.5 Å². The van der Waals surface area contributed by atoms with Crippen LogP contribution in [-0.2, 0) is 15.5 Å². The van der Waals surface area contributed by atoms with Crippen LogP contribution < -0.4 is 4.74 Å². The van der Waals surface area contributed by atoms with E-state index in [9.17, 15) is 13.0 Å². The highest BCUT2D eigenvalue weighted by Crippen LogP contribution is 2.40. The topological polar surface area (TPSA) is 66.6 Å². The molecular formula is C28H28NO4S+. The van der Waals surface area contributed by atoms with E-state index < -0.39 is 10.1 Å². The molecule has 5 rings (SSSR count). The second-order valence-electron chi connectivity index (χ2n) is 9.36. The largest absolute Gasteiger partial charge is 0.488 e. The minimum Gasteiger partial charge on any atom is -0.488 e. The van der Waals surface area contributed by atoms with Crippen molar-refractivity contribution in [1.29, 1.82) is 0 Å². The van der Waals surface area contributed by atoms with Gasteiger partial charge in [0.15, 0.2) is 5.71 Å². The maximum atomic E-state index is 11.3. The molecule has 0 spiro atoms. The Hall–Kier alpha value is -3.22. The number of hydrogen-bond acceptors (Lipinski definition) is 3. The van der Waals surface area contributed by atoms with Crippen LogP contribution >= 0.6 is 0 Å². The molecule has 1 N–H and O–H groups in total. The molecule has 0 aliphatic carbocycles. The molecule has 5 nitrogen and oxygen atoms in total. The molecule has 174 valence electrons. The van der Waals surface area contributed by atoms with Crippen LogP contribution in [0.5, 0.6) is 5.75 Å². The first-order valence-corrected chi connectivity index (χ1v) is 13.1. The van der Waals surface area contributed by atoms with Crippen molar-refractivity contribution in [2.45, 2.75) is 25.7 Å². The van der Waals surface area contributed by atoms with E-state index in [-0.39, 0.29) is 11.2 Å². The summed E-state index contributed by atoms with van der Waals surface area (Å²) in [6.45, 7) is 5.36. The molecule has 0 atom stereocenters. The average molecular weight is 475 g/mol. The molecule has 0 saturated carbocycles. The first-order chi connectivity index (χ1) is 16.2. The normalized spacial score (nSPS) is 17.0. The summed E-state index contributed by atoms with van der Waals surface area (Å²) in [5, 5.41) is 2.34. The number of benzene rings is 3. The second kappa shape index (κ2) is 8.53. The van der Waals surface area contributed by atoms with E-state index in [1.54, 1.807) is 0 Å². The van der Waals surface area contributed by atoms with E-state index in [1.807, 2.05) is 30.3 Å². The molecule has 0 unspecified atom stereocenters. The summed E-state index contributed by atoms with van der Waals surface area (Å²) in [4.78, 5) is 0. The molecule has 2 aliphatic heterocycles. The van der Waals surface area contributed by atoms with Crippen molar-refractivity contribution in [2.24, 2.45) is 0 Å². The predicted molar refractivity (Wildman–Crippen MR) is 137 cm³/mol. The minimum atomic E-state index is -3.99. The monoisotopic (exact) mass is 474 g/mol. The number of nitrogens with zero attached hydrogens (tertiary/aromatic N) is 1. The molecule has 2 heterocycles. The van der Waals surface area contributed by atoms with Gasteiger partial charge in [0.25, 0.3) is 10.1 Å². The summed E-state index contributed by atoms with van der Waals surface area (Å²) < 4.78 is 40.0. The van der Waals surface area contributed by atoms with Gasteiger partial charge in [-0.05, 0) is 48.4 Å². The Labute approximate surface area is 200 Å². The van der Waals surface area contributed by atoms with Crippen molar-refractivity contribution in [3.05, 3.63) is 89.5 Å². The Balaban J connectivity index is 1.52. The number of para-hydroxylation sites is 1. The van der Waals surface area contributed by atoms with Crippen LogP contribution in [0.1, 0.15) is 31.4 Å². The van der Waals surface area contributed by atoms with Crippen LogP contribution in [0.3, 0.4) is 0 Å². The molecule has 34 heavy (non-hydrogen) atoms. The van der Waals surface area contributed by atoms with Crippen LogP contribution in [0.25, 0.3) is 16.8 Å². The summed E-state index contributed by atoms with van der Waals surface area (Å²) >= 11 is 0. The molecule has 0 saturated heterocycles. The molecule has 3 aromatic carbocycles. The van der Waals surface area contributed by atoms with Gasteiger partial charge in [0.2, 0.25) is 5.69 Å². The fourth-order valence-corrected chi connectivity index (χ4v) is 5.50. The van der Waals surface area contributed by atoms with Gasteiger partial charge in [0, 0.05) is 29.7 Å². The lowest BCUT2D eigenvalue weighted by Gasteiger charge is -2.18. The van der Waals surface area contributed by atoms with Gasteiger partial charge < -0.3 is 4.74 Å². The number of rotatable bonds is 6. The highest BCUT2D eigenvalue weighted by atomic mass is 32.2. The van der Waals surface area contributed by atoms with Crippen LogP contribution in [0, 0.1) is 0 Å². The Morgan fingerprint density at radius 2 is 1.79 bits per heavy atom. The standard InChI is InChI=1S/C28H27NO4S/c1-28(2)24-10-5-6-11-25(24)29(16-7-17-34(30,31)32)27(28)15-12-20-18-23-22-9-4-3-8-21(22)13-14-26(23)33-19-20/h3-6,8-15,18H,7,16-17,19H2,1-2H3/p+1/b15-12+.